The van der Waals surface area contributed by atoms with Crippen LogP contribution in [0.2, 0.25) is 0 Å². The van der Waals surface area contributed by atoms with Crippen LogP contribution in [0.25, 0.3) is 33.8 Å². The Bertz CT molecular complexity index is 3690. The number of hydrogen-bond acceptors (Lipinski definition) is 21. The predicted octanol–water partition coefficient (Wildman–Crippen LogP) is 12.5. The van der Waals surface area contributed by atoms with E-state index < -0.39 is 56.5 Å². The zero-order chi connectivity index (χ0) is 67.3. The summed E-state index contributed by atoms with van der Waals surface area (Å²) in [5, 5.41) is 52.9. The molecule has 0 unspecified atom stereocenters. The number of aliphatic hydroxyl groups is 1. The third-order valence-corrected chi connectivity index (χ3v) is 14.7. The van der Waals surface area contributed by atoms with Crippen LogP contribution in [0.4, 0.5) is 39.5 Å². The molecule has 3 aromatic carbocycles. The summed E-state index contributed by atoms with van der Waals surface area (Å²) in [6, 6.07) is 32.8. The van der Waals surface area contributed by atoms with E-state index in [1.54, 1.807) is 25.1 Å². The Hall–Kier alpha value is -9.63. The molecule has 33 heteroatoms. The highest BCUT2D eigenvalue weighted by Crippen LogP contribution is 2.40. The molecule has 6 aromatic heterocycles. The van der Waals surface area contributed by atoms with Crippen LogP contribution in [-0.4, -0.2) is 119 Å². The van der Waals surface area contributed by atoms with Crippen molar-refractivity contribution >= 4 is 17.7 Å². The molecule has 0 saturated heterocycles. The summed E-state index contributed by atoms with van der Waals surface area (Å²) in [7, 11) is 0. The Balaban J connectivity index is 0.000000159. The number of aromatic nitrogens is 9. The molecule has 3 fully saturated rings. The number of ether oxygens (including phenoxy) is 2. The number of hydrogen-bond donors (Lipinski definition) is 4. The molecule has 3 saturated carbocycles. The van der Waals surface area contributed by atoms with Crippen LogP contribution < -0.4 is 16.0 Å². The van der Waals surface area contributed by atoms with E-state index in [9.17, 15) is 59.0 Å². The van der Waals surface area contributed by atoms with Gasteiger partial charge in [-0.2, -0.15) is 39.5 Å². The zero-order valence-electron chi connectivity index (χ0n) is 50.3. The topological polar surface area (TPSA) is 321 Å². The minimum absolute atomic E-state index is 0.0122. The second-order valence-electron chi connectivity index (χ2n) is 22.1. The number of aliphatic hydroxyl groups excluding tert-OH is 1. The third-order valence-electron chi connectivity index (χ3n) is 14.7. The first-order valence-electron chi connectivity index (χ1n) is 29.3. The van der Waals surface area contributed by atoms with Crippen LogP contribution in [0.3, 0.4) is 0 Å². The van der Waals surface area contributed by atoms with Gasteiger partial charge in [0.25, 0.3) is 17.7 Å². The van der Waals surface area contributed by atoms with E-state index in [4.69, 9.17) is 36.3 Å². The molecule has 3 aliphatic carbocycles. The van der Waals surface area contributed by atoms with E-state index in [-0.39, 0.29) is 88.6 Å². The molecule has 500 valence electrons. The Morgan fingerprint density at radius 1 is 0.468 bits per heavy atom. The van der Waals surface area contributed by atoms with Crippen molar-refractivity contribution in [3.8, 4) is 33.8 Å². The predicted molar refractivity (Wildman–Crippen MR) is 306 cm³/mol. The number of nitrogens with zero attached hydrogens (tertiary/aromatic N) is 9. The van der Waals surface area contributed by atoms with Gasteiger partial charge in [-0.25, -0.2) is 0 Å². The van der Waals surface area contributed by atoms with Gasteiger partial charge in [-0.05, 0) is 59.3 Å². The van der Waals surface area contributed by atoms with Gasteiger partial charge < -0.3 is 57.4 Å². The van der Waals surface area contributed by atoms with Gasteiger partial charge in [-0.3, -0.25) is 14.4 Å². The van der Waals surface area contributed by atoms with Crippen molar-refractivity contribution in [3.05, 3.63) is 162 Å². The van der Waals surface area contributed by atoms with Crippen molar-refractivity contribution in [1.29, 1.82) is 0 Å². The number of nitrogens with one attached hydrogen (secondary N) is 3. The molecule has 3 aliphatic rings. The second kappa shape index (κ2) is 30.4. The molecule has 4 N–H and O–H groups in total. The van der Waals surface area contributed by atoms with Gasteiger partial charge in [0.1, 0.15) is 48.6 Å². The third kappa shape index (κ3) is 19.5. The van der Waals surface area contributed by atoms with Crippen molar-refractivity contribution in [1.82, 2.24) is 62.0 Å². The molecule has 3 amide bonds. The average Bonchev–Trinajstić information content (AvgIpc) is 1.60. The highest BCUT2D eigenvalue weighted by Gasteiger charge is 2.40. The summed E-state index contributed by atoms with van der Waals surface area (Å²) in [4.78, 5) is 37.1. The fourth-order valence-electron chi connectivity index (χ4n) is 9.28. The summed E-state index contributed by atoms with van der Waals surface area (Å²) < 4.78 is 147. The number of halogens is 9. The minimum atomic E-state index is -4.43. The van der Waals surface area contributed by atoms with Gasteiger partial charge >= 0.3 is 18.5 Å². The van der Waals surface area contributed by atoms with Crippen molar-refractivity contribution in [2.24, 2.45) is 0 Å². The molecule has 94 heavy (non-hydrogen) atoms. The normalized spacial score (nSPS) is 19.3. The SMILES string of the molecule is CCC(F)(F)F.C[C@@H](O)c1nnc(C2CC(NC(=O)c3cc(-c4ccccc4)no3)C2)o1.C[C@@H](OCC(F)(F)F)c1nnc(C2CC(NC(=O)c3cc(-c4ccccc4)no3)C2)o1.C[C@@H](OCC(F)(F)F)c1nnc(C2CC(NC(=O)c3cc(-c4ccccc4)no3)C2)o1. The quantitative estimate of drug-likeness (QED) is 0.0547. The molecule has 0 aliphatic heterocycles. The van der Waals surface area contributed by atoms with E-state index >= 15 is 0 Å². The maximum Gasteiger partial charge on any atom is 0.411 e. The maximum absolute atomic E-state index is 12.4. The number of carbonyl (C=O) groups is 3. The number of rotatable bonds is 19. The molecular formula is C61H61F9N12O12. The van der Waals surface area contributed by atoms with Gasteiger partial charge in [0.2, 0.25) is 52.6 Å². The van der Waals surface area contributed by atoms with Crippen molar-refractivity contribution in [2.45, 2.75) is 145 Å². The van der Waals surface area contributed by atoms with Crippen molar-refractivity contribution in [2.75, 3.05) is 13.2 Å². The van der Waals surface area contributed by atoms with Crippen LogP contribution in [-0.2, 0) is 9.47 Å². The smallest absolute Gasteiger partial charge is 0.411 e. The van der Waals surface area contributed by atoms with Crippen LogP contribution in [0.5, 0.6) is 0 Å². The van der Waals surface area contributed by atoms with Gasteiger partial charge in [-0.15, -0.1) is 30.6 Å². The molecule has 0 radical (unpaired) electrons. The standard InChI is InChI=1S/2C20H19F3N4O4.C18H18N4O4.C3H5F3/c2*1-11(29-10-20(21,22)23)18-25-26-19(30-18)13-7-14(8-13)24-17(28)16-9-15(27-31-16)12-5-3-2-4-6-12;1-10(23)17-20-21-18(25-17)12-7-13(8-12)19-16(24)15-9-14(22-26-15)11-5-3-2-4-6-11;1-2-3(4,5)6/h2*2-6,9,11,13-14H,7-8,10H2,1H3,(H,24,28);2-6,9-10,12-13,23H,7-8H2,1H3,(H,19,24);2H2,1H3/t2*11-,13?,14?;10-,12?,13?;/m111./s1. The Labute approximate surface area is 527 Å². The highest BCUT2D eigenvalue weighted by atomic mass is 19.4. The lowest BCUT2D eigenvalue weighted by atomic mass is 9.80. The van der Waals surface area contributed by atoms with Crippen LogP contribution in [0, 0.1) is 0 Å². The molecule has 6 heterocycles. The lowest BCUT2D eigenvalue weighted by Gasteiger charge is -2.33. The summed E-state index contributed by atoms with van der Waals surface area (Å²) in [5.74, 6) is 0.585. The van der Waals surface area contributed by atoms with E-state index in [1.165, 1.54) is 13.8 Å². The van der Waals surface area contributed by atoms with Crippen LogP contribution in [0.15, 0.2) is 136 Å². The van der Waals surface area contributed by atoms with E-state index in [2.05, 4.69) is 62.0 Å². The molecule has 0 spiro atoms. The summed E-state index contributed by atoms with van der Waals surface area (Å²) in [5.41, 5.74) is 4.34. The monoisotopic (exact) mass is 1320 g/mol. The number of benzene rings is 3. The Morgan fingerprint density at radius 2 is 0.745 bits per heavy atom. The first-order chi connectivity index (χ1) is 44.7. The van der Waals surface area contributed by atoms with Crippen molar-refractivity contribution in [3.63, 3.8) is 0 Å². The van der Waals surface area contributed by atoms with Crippen LogP contribution in [0.1, 0.15) is 176 Å². The number of carbonyl (C=O) groups excluding carboxylic acids is 3. The summed E-state index contributed by atoms with van der Waals surface area (Å²) in [6.07, 6.45) is -12.6. The Kier molecular flexibility index (Phi) is 22.2. The molecular weight excluding hydrogens is 1260 g/mol. The maximum atomic E-state index is 12.4. The molecule has 24 nitrogen and oxygen atoms in total. The summed E-state index contributed by atoms with van der Waals surface area (Å²) in [6.45, 7) is 2.69. The van der Waals surface area contributed by atoms with E-state index in [0.29, 0.717) is 73.3 Å². The van der Waals surface area contributed by atoms with Gasteiger partial charge in [0.15, 0.2) is 0 Å². The number of alkyl halides is 9. The first kappa shape index (κ1) is 68.7. The lowest BCUT2D eigenvalue weighted by molar-refractivity contribution is -0.186. The molecule has 9 aromatic rings. The van der Waals surface area contributed by atoms with E-state index in [0.717, 1.165) is 23.6 Å². The largest absolute Gasteiger partial charge is 0.422 e. The van der Waals surface area contributed by atoms with E-state index in [1.807, 2.05) is 91.0 Å². The Morgan fingerprint density at radius 3 is 1.00 bits per heavy atom. The fourth-order valence-corrected chi connectivity index (χ4v) is 9.28. The highest BCUT2D eigenvalue weighted by molar-refractivity contribution is 5.94. The average molecular weight is 1330 g/mol. The zero-order valence-corrected chi connectivity index (χ0v) is 50.3. The fraction of sp³-hybridized carbons (Fsp3) is 0.410. The van der Waals surface area contributed by atoms with Gasteiger partial charge in [0.05, 0.1) is 0 Å². The van der Waals surface area contributed by atoms with Crippen LogP contribution >= 0.6 is 0 Å². The van der Waals surface area contributed by atoms with Gasteiger partial charge in [-0.1, -0.05) is 113 Å². The first-order valence-corrected chi connectivity index (χ1v) is 29.3. The second-order valence-corrected chi connectivity index (χ2v) is 22.1. The molecule has 3 atom stereocenters. The van der Waals surface area contributed by atoms with Crippen molar-refractivity contribution < 1.29 is 95.3 Å². The molecule has 0 bridgehead atoms. The minimum Gasteiger partial charge on any atom is -0.422 e. The van der Waals surface area contributed by atoms with Gasteiger partial charge in [0, 0.05) is 77.2 Å². The summed E-state index contributed by atoms with van der Waals surface area (Å²) >= 11 is 0. The molecule has 12 rings (SSSR count). The lowest BCUT2D eigenvalue weighted by Crippen LogP contribution is -2.43. The number of amides is 3.